The quantitative estimate of drug-likeness (QED) is 0.798. The fourth-order valence-corrected chi connectivity index (χ4v) is 2.15. The van der Waals surface area contributed by atoms with Gasteiger partial charge >= 0.3 is 0 Å². The third-order valence-electron chi connectivity index (χ3n) is 3.48. The van der Waals surface area contributed by atoms with E-state index >= 15 is 0 Å². The summed E-state index contributed by atoms with van der Waals surface area (Å²) in [5.74, 6) is 0.749. The van der Waals surface area contributed by atoms with Gasteiger partial charge in [0, 0.05) is 12.7 Å². The van der Waals surface area contributed by atoms with Gasteiger partial charge in [0.15, 0.2) is 5.82 Å². The molecule has 0 amide bonds. The monoisotopic (exact) mass is 279 g/mol. The minimum Gasteiger partial charge on any atom is -0.378 e. The van der Waals surface area contributed by atoms with Crippen LogP contribution in [0.1, 0.15) is 16.7 Å². The van der Waals surface area contributed by atoms with Gasteiger partial charge in [-0.1, -0.05) is 18.2 Å². The average Bonchev–Trinajstić information content (AvgIpc) is 3.03. The Hall–Kier alpha value is -2.69. The highest BCUT2D eigenvalue weighted by Gasteiger charge is 2.06. The van der Waals surface area contributed by atoms with Crippen LogP contribution in [0.2, 0.25) is 0 Å². The molecule has 0 aliphatic heterocycles. The van der Waals surface area contributed by atoms with Crippen molar-refractivity contribution in [3.8, 4) is 5.82 Å². The molecule has 0 spiro atoms. The first kappa shape index (κ1) is 13.3. The molecule has 21 heavy (non-hydrogen) atoms. The standard InChI is InChI=1S/C16H17N5/c1-12-5-6-14(8-13(12)2)9-19-15-4-3-7-18-16(15)21-11-17-10-20-21/h3-8,10-11,19H,9H2,1-2H3. The van der Waals surface area contributed by atoms with Gasteiger partial charge in [0.2, 0.25) is 0 Å². The van der Waals surface area contributed by atoms with Gasteiger partial charge in [-0.2, -0.15) is 5.10 Å². The van der Waals surface area contributed by atoms with E-state index in [0.29, 0.717) is 0 Å². The molecule has 0 saturated heterocycles. The lowest BCUT2D eigenvalue weighted by Crippen LogP contribution is -2.06. The Morgan fingerprint density at radius 2 is 2.05 bits per heavy atom. The normalized spacial score (nSPS) is 10.6. The van der Waals surface area contributed by atoms with Crippen molar-refractivity contribution in [2.24, 2.45) is 0 Å². The highest BCUT2D eigenvalue weighted by atomic mass is 15.3. The van der Waals surface area contributed by atoms with Gasteiger partial charge in [-0.15, -0.1) is 0 Å². The van der Waals surface area contributed by atoms with Crippen LogP contribution >= 0.6 is 0 Å². The number of hydrogen-bond donors (Lipinski definition) is 1. The van der Waals surface area contributed by atoms with Gasteiger partial charge in [0.05, 0.1) is 5.69 Å². The van der Waals surface area contributed by atoms with Crippen LogP contribution < -0.4 is 5.32 Å². The second-order valence-electron chi connectivity index (χ2n) is 4.99. The number of aromatic nitrogens is 4. The summed E-state index contributed by atoms with van der Waals surface area (Å²) in [6.07, 6.45) is 4.89. The molecule has 0 radical (unpaired) electrons. The molecule has 0 atom stereocenters. The third-order valence-corrected chi connectivity index (χ3v) is 3.48. The number of aryl methyl sites for hydroxylation is 2. The van der Waals surface area contributed by atoms with E-state index in [9.17, 15) is 0 Å². The summed E-state index contributed by atoms with van der Waals surface area (Å²) in [7, 11) is 0. The summed E-state index contributed by atoms with van der Waals surface area (Å²) >= 11 is 0. The topological polar surface area (TPSA) is 55.6 Å². The lowest BCUT2D eigenvalue weighted by atomic mass is 10.1. The molecule has 5 nitrogen and oxygen atoms in total. The zero-order chi connectivity index (χ0) is 14.7. The van der Waals surface area contributed by atoms with Gasteiger partial charge in [0.1, 0.15) is 12.7 Å². The minimum absolute atomic E-state index is 0.745. The highest BCUT2D eigenvalue weighted by Crippen LogP contribution is 2.17. The molecule has 3 rings (SSSR count). The maximum atomic E-state index is 4.36. The Labute approximate surface area is 123 Å². The zero-order valence-corrected chi connectivity index (χ0v) is 12.1. The lowest BCUT2D eigenvalue weighted by Gasteiger charge is -2.11. The number of pyridine rings is 1. The first-order chi connectivity index (χ1) is 10.2. The smallest absolute Gasteiger partial charge is 0.178 e. The number of hydrogen-bond acceptors (Lipinski definition) is 4. The van der Waals surface area contributed by atoms with Crippen molar-refractivity contribution in [3.05, 3.63) is 65.9 Å². The van der Waals surface area contributed by atoms with Gasteiger partial charge < -0.3 is 5.32 Å². The van der Waals surface area contributed by atoms with E-state index in [4.69, 9.17) is 0 Å². The summed E-state index contributed by atoms with van der Waals surface area (Å²) in [6, 6.07) is 10.4. The van der Waals surface area contributed by atoms with Crippen LogP contribution in [0.4, 0.5) is 5.69 Å². The van der Waals surface area contributed by atoms with Crippen molar-refractivity contribution in [2.75, 3.05) is 5.32 Å². The molecule has 2 aromatic heterocycles. The van der Waals surface area contributed by atoms with E-state index in [1.54, 1.807) is 17.2 Å². The summed E-state index contributed by atoms with van der Waals surface area (Å²) in [5.41, 5.74) is 4.79. The van der Waals surface area contributed by atoms with E-state index in [0.717, 1.165) is 18.1 Å². The highest BCUT2D eigenvalue weighted by molar-refractivity contribution is 5.56. The van der Waals surface area contributed by atoms with Gasteiger partial charge in [0.25, 0.3) is 0 Å². The van der Waals surface area contributed by atoms with E-state index in [2.05, 4.69) is 52.4 Å². The summed E-state index contributed by atoms with van der Waals surface area (Å²) < 4.78 is 1.66. The second-order valence-corrected chi connectivity index (χ2v) is 4.99. The molecule has 0 aliphatic carbocycles. The Morgan fingerprint density at radius 1 is 1.14 bits per heavy atom. The van der Waals surface area contributed by atoms with Crippen molar-refractivity contribution in [2.45, 2.75) is 20.4 Å². The number of anilines is 1. The van der Waals surface area contributed by atoms with Crippen molar-refractivity contribution in [1.82, 2.24) is 19.7 Å². The predicted octanol–water partition coefficient (Wildman–Crippen LogP) is 2.89. The van der Waals surface area contributed by atoms with Crippen LogP contribution in [-0.2, 0) is 6.54 Å². The van der Waals surface area contributed by atoms with E-state index in [1.807, 2.05) is 12.1 Å². The minimum atomic E-state index is 0.745. The Kier molecular flexibility index (Phi) is 3.64. The van der Waals surface area contributed by atoms with E-state index < -0.39 is 0 Å². The Balaban J connectivity index is 1.81. The van der Waals surface area contributed by atoms with Crippen LogP contribution in [-0.4, -0.2) is 19.7 Å². The molecule has 3 aromatic rings. The molecular weight excluding hydrogens is 262 g/mol. The fourth-order valence-electron chi connectivity index (χ4n) is 2.15. The number of nitrogens with zero attached hydrogens (tertiary/aromatic N) is 4. The molecule has 0 saturated carbocycles. The van der Waals surface area contributed by atoms with Crippen LogP contribution in [0.25, 0.3) is 5.82 Å². The molecule has 2 heterocycles. The number of rotatable bonds is 4. The van der Waals surface area contributed by atoms with E-state index in [-0.39, 0.29) is 0 Å². The first-order valence-corrected chi connectivity index (χ1v) is 6.84. The van der Waals surface area contributed by atoms with E-state index in [1.165, 1.54) is 23.0 Å². The maximum Gasteiger partial charge on any atom is 0.178 e. The Bertz CT molecular complexity index is 734. The molecule has 0 aliphatic rings. The largest absolute Gasteiger partial charge is 0.378 e. The molecular formula is C16H17N5. The molecule has 0 unspecified atom stereocenters. The summed E-state index contributed by atoms with van der Waals surface area (Å²) in [4.78, 5) is 8.33. The molecule has 1 aromatic carbocycles. The third kappa shape index (κ3) is 2.91. The average molecular weight is 279 g/mol. The maximum absolute atomic E-state index is 4.36. The van der Waals surface area contributed by atoms with Crippen LogP contribution in [0, 0.1) is 13.8 Å². The molecule has 0 fully saturated rings. The predicted molar refractivity (Wildman–Crippen MR) is 82.4 cm³/mol. The van der Waals surface area contributed by atoms with Gasteiger partial charge in [-0.25, -0.2) is 14.6 Å². The molecule has 0 bridgehead atoms. The molecule has 5 heteroatoms. The molecule has 106 valence electrons. The van der Waals surface area contributed by atoms with Gasteiger partial charge in [-0.05, 0) is 42.7 Å². The SMILES string of the molecule is Cc1ccc(CNc2cccnc2-n2cncn2)cc1C. The van der Waals surface area contributed by atoms with Crippen molar-refractivity contribution < 1.29 is 0 Å². The first-order valence-electron chi connectivity index (χ1n) is 6.84. The fraction of sp³-hybridized carbons (Fsp3) is 0.188. The summed E-state index contributed by atoms with van der Waals surface area (Å²) in [5, 5.41) is 7.54. The van der Waals surface area contributed by atoms with Crippen LogP contribution in [0.3, 0.4) is 0 Å². The van der Waals surface area contributed by atoms with Crippen LogP contribution in [0.15, 0.2) is 49.2 Å². The van der Waals surface area contributed by atoms with Crippen molar-refractivity contribution in [3.63, 3.8) is 0 Å². The number of benzene rings is 1. The van der Waals surface area contributed by atoms with Crippen molar-refractivity contribution >= 4 is 5.69 Å². The van der Waals surface area contributed by atoms with Gasteiger partial charge in [-0.3, -0.25) is 0 Å². The number of nitrogens with one attached hydrogen (secondary N) is 1. The Morgan fingerprint density at radius 3 is 2.81 bits per heavy atom. The summed E-state index contributed by atoms with van der Waals surface area (Å²) in [6.45, 7) is 4.99. The van der Waals surface area contributed by atoms with Crippen molar-refractivity contribution in [1.29, 1.82) is 0 Å². The lowest BCUT2D eigenvalue weighted by molar-refractivity contribution is 0.844. The zero-order valence-electron chi connectivity index (χ0n) is 12.1. The molecule has 1 N–H and O–H groups in total. The van der Waals surface area contributed by atoms with Crippen LogP contribution in [0.5, 0.6) is 0 Å². The second kappa shape index (κ2) is 5.75.